The standard InChI is InChI=1S/C9H9NS.2C2H6/c1-6-5-8-3-4-10-7(2)9(8)11-6;2*1-2/h3-5H,1-2H3;2*1-2H3. The van der Waals surface area contributed by atoms with Crippen molar-refractivity contribution >= 4 is 21.4 Å². The summed E-state index contributed by atoms with van der Waals surface area (Å²) in [5, 5.41) is 1.32. The van der Waals surface area contributed by atoms with Crippen molar-refractivity contribution in [2.24, 2.45) is 0 Å². The summed E-state index contributed by atoms with van der Waals surface area (Å²) in [7, 11) is 0. The van der Waals surface area contributed by atoms with Crippen LogP contribution < -0.4 is 0 Å². The zero-order chi connectivity index (χ0) is 11.8. The molecule has 0 aromatic carbocycles. The van der Waals surface area contributed by atoms with Crippen molar-refractivity contribution in [1.82, 2.24) is 4.98 Å². The molecule has 2 aromatic heterocycles. The van der Waals surface area contributed by atoms with Crippen LogP contribution in [0.25, 0.3) is 10.1 Å². The van der Waals surface area contributed by atoms with E-state index in [0.717, 1.165) is 5.69 Å². The van der Waals surface area contributed by atoms with Crippen molar-refractivity contribution in [2.45, 2.75) is 41.5 Å². The van der Waals surface area contributed by atoms with Crippen LogP contribution >= 0.6 is 11.3 Å². The van der Waals surface area contributed by atoms with E-state index in [1.54, 1.807) is 0 Å². The van der Waals surface area contributed by atoms with Gasteiger partial charge in [-0.15, -0.1) is 11.3 Å². The number of fused-ring (bicyclic) bond motifs is 1. The van der Waals surface area contributed by atoms with Crippen LogP contribution in [-0.2, 0) is 0 Å². The van der Waals surface area contributed by atoms with Gasteiger partial charge in [0.1, 0.15) is 0 Å². The molecule has 2 rings (SSSR count). The molecule has 0 aliphatic carbocycles. The van der Waals surface area contributed by atoms with Crippen LogP contribution in [0.1, 0.15) is 38.3 Å². The molecule has 0 unspecified atom stereocenters. The molecule has 0 aliphatic heterocycles. The molecule has 15 heavy (non-hydrogen) atoms. The first-order valence-electron chi connectivity index (χ1n) is 5.59. The number of thiophene rings is 1. The minimum atomic E-state index is 1.14. The predicted molar refractivity (Wildman–Crippen MR) is 71.8 cm³/mol. The lowest BCUT2D eigenvalue weighted by Gasteiger charge is -1.90. The first-order chi connectivity index (χ1) is 7.27. The largest absolute Gasteiger partial charge is 0.260 e. The Kier molecular flexibility index (Phi) is 6.97. The maximum atomic E-state index is 4.23. The summed E-state index contributed by atoms with van der Waals surface area (Å²) in [6.45, 7) is 12.2. The summed E-state index contributed by atoms with van der Waals surface area (Å²) in [5.41, 5.74) is 1.14. The fraction of sp³-hybridized carbons (Fsp3) is 0.462. The van der Waals surface area contributed by atoms with Crippen molar-refractivity contribution in [3.8, 4) is 0 Å². The molecule has 0 N–H and O–H groups in total. The van der Waals surface area contributed by atoms with E-state index in [0.29, 0.717) is 0 Å². The van der Waals surface area contributed by atoms with Gasteiger partial charge in [0.2, 0.25) is 0 Å². The van der Waals surface area contributed by atoms with E-state index < -0.39 is 0 Å². The molecule has 84 valence electrons. The Morgan fingerprint density at radius 3 is 2.20 bits per heavy atom. The summed E-state index contributed by atoms with van der Waals surface area (Å²) in [6.07, 6.45) is 1.86. The Labute approximate surface area is 97.2 Å². The van der Waals surface area contributed by atoms with Gasteiger partial charge in [0.15, 0.2) is 0 Å². The third-order valence-electron chi connectivity index (χ3n) is 1.73. The van der Waals surface area contributed by atoms with Gasteiger partial charge in [0.05, 0.1) is 10.4 Å². The normalized spacial score (nSPS) is 8.67. The molecule has 0 fully saturated rings. The Hall–Kier alpha value is -0.890. The van der Waals surface area contributed by atoms with Gasteiger partial charge in [-0.25, -0.2) is 0 Å². The summed E-state index contributed by atoms with van der Waals surface area (Å²) in [4.78, 5) is 5.59. The third-order valence-corrected chi connectivity index (χ3v) is 2.91. The Morgan fingerprint density at radius 2 is 1.67 bits per heavy atom. The first-order valence-corrected chi connectivity index (χ1v) is 6.41. The van der Waals surface area contributed by atoms with Crippen LogP contribution in [0.5, 0.6) is 0 Å². The molecular weight excluding hydrogens is 202 g/mol. The van der Waals surface area contributed by atoms with Crippen LogP contribution in [0.3, 0.4) is 0 Å². The van der Waals surface area contributed by atoms with E-state index in [4.69, 9.17) is 0 Å². The van der Waals surface area contributed by atoms with Crippen molar-refractivity contribution in [2.75, 3.05) is 0 Å². The lowest BCUT2D eigenvalue weighted by molar-refractivity contribution is 1.24. The first kappa shape index (κ1) is 14.1. The molecule has 0 saturated heterocycles. The number of nitrogens with zero attached hydrogens (tertiary/aromatic N) is 1. The van der Waals surface area contributed by atoms with Gasteiger partial charge in [-0.2, -0.15) is 0 Å². The average molecular weight is 223 g/mol. The molecular formula is C13H21NS. The Morgan fingerprint density at radius 1 is 1.07 bits per heavy atom. The second-order valence-corrected chi connectivity index (χ2v) is 3.93. The molecule has 0 amide bonds. The van der Waals surface area contributed by atoms with Gasteiger partial charge in [0, 0.05) is 11.1 Å². The van der Waals surface area contributed by atoms with Gasteiger partial charge in [0.25, 0.3) is 0 Å². The van der Waals surface area contributed by atoms with E-state index in [2.05, 4.69) is 31.0 Å². The quantitative estimate of drug-likeness (QED) is 0.614. The lowest BCUT2D eigenvalue weighted by atomic mass is 10.3. The highest BCUT2D eigenvalue weighted by atomic mass is 32.1. The van der Waals surface area contributed by atoms with Gasteiger partial charge in [-0.3, -0.25) is 4.98 Å². The molecule has 0 radical (unpaired) electrons. The molecule has 0 bridgehead atoms. The fourth-order valence-corrected chi connectivity index (χ4v) is 2.18. The monoisotopic (exact) mass is 223 g/mol. The van der Waals surface area contributed by atoms with Crippen LogP contribution in [0.2, 0.25) is 0 Å². The van der Waals surface area contributed by atoms with E-state index in [1.807, 2.05) is 45.2 Å². The summed E-state index contributed by atoms with van der Waals surface area (Å²) in [6, 6.07) is 4.26. The van der Waals surface area contributed by atoms with E-state index >= 15 is 0 Å². The SMILES string of the molecule is CC.CC.Cc1cc2ccnc(C)c2s1. The molecule has 0 saturated carbocycles. The van der Waals surface area contributed by atoms with Crippen LogP contribution in [0.4, 0.5) is 0 Å². The summed E-state index contributed by atoms with van der Waals surface area (Å²) < 4.78 is 1.32. The number of aromatic nitrogens is 1. The second-order valence-electron chi connectivity index (χ2n) is 2.67. The molecule has 1 nitrogen and oxygen atoms in total. The van der Waals surface area contributed by atoms with Crippen molar-refractivity contribution in [3.63, 3.8) is 0 Å². The summed E-state index contributed by atoms with van der Waals surface area (Å²) in [5.74, 6) is 0. The average Bonchev–Trinajstić information content (AvgIpc) is 2.66. The maximum Gasteiger partial charge on any atom is 0.0558 e. The van der Waals surface area contributed by atoms with Gasteiger partial charge < -0.3 is 0 Å². The van der Waals surface area contributed by atoms with Crippen LogP contribution in [0.15, 0.2) is 18.3 Å². The molecule has 2 heterocycles. The highest BCUT2D eigenvalue weighted by Gasteiger charge is 1.99. The highest BCUT2D eigenvalue weighted by Crippen LogP contribution is 2.25. The van der Waals surface area contributed by atoms with Gasteiger partial charge in [-0.05, 0) is 31.4 Å². The van der Waals surface area contributed by atoms with E-state index in [1.165, 1.54) is 15.0 Å². The van der Waals surface area contributed by atoms with Crippen molar-refractivity contribution in [3.05, 3.63) is 28.9 Å². The van der Waals surface area contributed by atoms with Crippen LogP contribution in [0, 0.1) is 13.8 Å². The smallest absolute Gasteiger partial charge is 0.0558 e. The van der Waals surface area contributed by atoms with E-state index in [9.17, 15) is 0 Å². The predicted octanol–water partition coefficient (Wildman–Crippen LogP) is 4.97. The molecule has 2 heteroatoms. The maximum absolute atomic E-state index is 4.23. The lowest BCUT2D eigenvalue weighted by Crippen LogP contribution is -1.76. The van der Waals surface area contributed by atoms with Gasteiger partial charge >= 0.3 is 0 Å². The molecule has 0 aliphatic rings. The Bertz CT molecular complexity index is 390. The fourth-order valence-electron chi connectivity index (χ4n) is 1.23. The number of aryl methyl sites for hydroxylation is 2. The number of hydrogen-bond acceptors (Lipinski definition) is 2. The van der Waals surface area contributed by atoms with Crippen molar-refractivity contribution in [1.29, 1.82) is 0 Å². The molecule has 2 aromatic rings. The number of pyridine rings is 1. The minimum Gasteiger partial charge on any atom is -0.260 e. The minimum absolute atomic E-state index is 1.14. The number of rotatable bonds is 0. The van der Waals surface area contributed by atoms with Crippen molar-refractivity contribution < 1.29 is 0 Å². The zero-order valence-electron chi connectivity index (χ0n) is 10.6. The third kappa shape index (κ3) is 3.63. The number of hydrogen-bond donors (Lipinski definition) is 0. The summed E-state index contributed by atoms with van der Waals surface area (Å²) >= 11 is 1.82. The highest BCUT2D eigenvalue weighted by molar-refractivity contribution is 7.19. The zero-order valence-corrected chi connectivity index (χ0v) is 11.4. The van der Waals surface area contributed by atoms with Gasteiger partial charge in [-0.1, -0.05) is 27.7 Å². The second kappa shape index (κ2) is 7.41. The molecule has 0 atom stereocenters. The topological polar surface area (TPSA) is 12.9 Å². The Balaban J connectivity index is 0.000000442. The van der Waals surface area contributed by atoms with Crippen LogP contribution in [-0.4, -0.2) is 4.98 Å². The van der Waals surface area contributed by atoms with E-state index in [-0.39, 0.29) is 0 Å². The molecule has 0 spiro atoms.